The first kappa shape index (κ1) is 15.0. The molecule has 1 unspecified atom stereocenters. The van der Waals surface area contributed by atoms with Crippen molar-refractivity contribution in [3.63, 3.8) is 0 Å². The minimum absolute atomic E-state index is 0.0815. The summed E-state index contributed by atoms with van der Waals surface area (Å²) in [5.41, 5.74) is 5.80. The molecule has 0 radical (unpaired) electrons. The first-order valence-electron chi connectivity index (χ1n) is 6.87. The van der Waals surface area contributed by atoms with E-state index in [9.17, 15) is 9.59 Å². The highest BCUT2D eigenvalue weighted by atomic mass is 16.2. The molecule has 1 rings (SSSR count). The molecule has 0 aliphatic heterocycles. The molecule has 2 atom stereocenters. The molecule has 0 aromatic heterocycles. The fraction of sp³-hybridized carbons (Fsp3) is 0.846. The van der Waals surface area contributed by atoms with Crippen molar-refractivity contribution in [3.05, 3.63) is 0 Å². The number of carbonyl (C=O) groups is 2. The van der Waals surface area contributed by atoms with Gasteiger partial charge in [-0.15, -0.1) is 0 Å². The lowest BCUT2D eigenvalue weighted by molar-refractivity contribution is -0.124. The Balaban J connectivity index is 2.05. The highest BCUT2D eigenvalue weighted by Crippen LogP contribution is 2.18. The van der Waals surface area contributed by atoms with Crippen LogP contribution in [0, 0.1) is 5.92 Å². The molecule has 5 heteroatoms. The molecule has 1 saturated carbocycles. The van der Waals surface area contributed by atoms with Crippen LogP contribution >= 0.6 is 0 Å². The van der Waals surface area contributed by atoms with E-state index in [-0.39, 0.29) is 17.7 Å². The number of hydrogen-bond donors (Lipinski definition) is 3. The Morgan fingerprint density at radius 3 is 2.61 bits per heavy atom. The van der Waals surface area contributed by atoms with E-state index in [1.54, 1.807) is 0 Å². The Kier molecular flexibility index (Phi) is 6.12. The molecule has 1 aliphatic rings. The third-order valence-corrected chi connectivity index (χ3v) is 3.38. The van der Waals surface area contributed by atoms with Crippen molar-refractivity contribution in [2.75, 3.05) is 6.54 Å². The molecule has 0 bridgehead atoms. The Morgan fingerprint density at radius 2 is 2.06 bits per heavy atom. The van der Waals surface area contributed by atoms with Gasteiger partial charge in [-0.3, -0.25) is 9.59 Å². The summed E-state index contributed by atoms with van der Waals surface area (Å²) in [5.74, 6) is 0.146. The molecule has 2 amide bonds. The molecule has 1 aliphatic carbocycles. The van der Waals surface area contributed by atoms with Gasteiger partial charge in [0.15, 0.2) is 0 Å². The van der Waals surface area contributed by atoms with Crippen LogP contribution in [0.1, 0.15) is 46.0 Å². The van der Waals surface area contributed by atoms with Crippen molar-refractivity contribution in [2.45, 2.75) is 58.0 Å². The Bertz CT molecular complexity index is 290. The summed E-state index contributed by atoms with van der Waals surface area (Å²) >= 11 is 0. The number of rotatable bonds is 8. The van der Waals surface area contributed by atoms with Gasteiger partial charge >= 0.3 is 0 Å². The van der Waals surface area contributed by atoms with Gasteiger partial charge in [0.2, 0.25) is 11.8 Å². The van der Waals surface area contributed by atoms with E-state index < -0.39 is 6.04 Å². The van der Waals surface area contributed by atoms with Crippen LogP contribution in [0.25, 0.3) is 0 Å². The molecular formula is C13H25N3O2. The van der Waals surface area contributed by atoms with E-state index in [0.29, 0.717) is 25.4 Å². The topological polar surface area (TPSA) is 84.2 Å². The normalized spacial score (nSPS) is 17.9. The Labute approximate surface area is 109 Å². The number of carbonyl (C=O) groups excluding carboxylic acids is 2. The van der Waals surface area contributed by atoms with Crippen LogP contribution in [-0.2, 0) is 9.59 Å². The third-order valence-electron chi connectivity index (χ3n) is 3.38. The minimum Gasteiger partial charge on any atom is -0.355 e. The highest BCUT2D eigenvalue weighted by molar-refractivity contribution is 5.81. The fourth-order valence-corrected chi connectivity index (χ4v) is 1.62. The summed E-state index contributed by atoms with van der Waals surface area (Å²) in [6.07, 6.45) is 4.23. The van der Waals surface area contributed by atoms with Gasteiger partial charge in [0.25, 0.3) is 0 Å². The maximum Gasteiger partial charge on any atom is 0.237 e. The average Bonchev–Trinajstić information content (AvgIpc) is 3.16. The smallest absolute Gasteiger partial charge is 0.237 e. The van der Waals surface area contributed by atoms with Gasteiger partial charge in [-0.1, -0.05) is 20.3 Å². The molecule has 0 aromatic rings. The summed E-state index contributed by atoms with van der Waals surface area (Å²) in [4.78, 5) is 23.0. The SMILES string of the molecule is CCC(C)[C@H](N)C(=O)NCCCC(=O)NC1CC1. The molecular weight excluding hydrogens is 230 g/mol. The van der Waals surface area contributed by atoms with Crippen molar-refractivity contribution < 1.29 is 9.59 Å². The van der Waals surface area contributed by atoms with Crippen LogP contribution in [0.2, 0.25) is 0 Å². The van der Waals surface area contributed by atoms with Gasteiger partial charge in [0, 0.05) is 19.0 Å². The largest absolute Gasteiger partial charge is 0.355 e. The zero-order valence-electron chi connectivity index (χ0n) is 11.4. The van der Waals surface area contributed by atoms with Crippen LogP contribution in [0.4, 0.5) is 0 Å². The second-order valence-electron chi connectivity index (χ2n) is 5.15. The van der Waals surface area contributed by atoms with E-state index in [2.05, 4.69) is 10.6 Å². The lowest BCUT2D eigenvalue weighted by Crippen LogP contribution is -2.45. The summed E-state index contributed by atoms with van der Waals surface area (Å²) in [5, 5.41) is 5.69. The zero-order valence-corrected chi connectivity index (χ0v) is 11.4. The van der Waals surface area contributed by atoms with Gasteiger partial charge in [0.05, 0.1) is 6.04 Å². The van der Waals surface area contributed by atoms with Crippen LogP contribution in [0.5, 0.6) is 0 Å². The van der Waals surface area contributed by atoms with E-state index in [0.717, 1.165) is 19.3 Å². The zero-order chi connectivity index (χ0) is 13.5. The van der Waals surface area contributed by atoms with Crippen molar-refractivity contribution in [3.8, 4) is 0 Å². The van der Waals surface area contributed by atoms with E-state index >= 15 is 0 Å². The number of hydrogen-bond acceptors (Lipinski definition) is 3. The Hall–Kier alpha value is -1.10. The molecule has 0 saturated heterocycles. The number of nitrogens with two attached hydrogens (primary N) is 1. The van der Waals surface area contributed by atoms with Crippen molar-refractivity contribution >= 4 is 11.8 Å². The van der Waals surface area contributed by atoms with Crippen LogP contribution in [-0.4, -0.2) is 30.4 Å². The van der Waals surface area contributed by atoms with Gasteiger partial charge in [-0.05, 0) is 25.2 Å². The van der Waals surface area contributed by atoms with Crippen LogP contribution < -0.4 is 16.4 Å². The summed E-state index contributed by atoms with van der Waals surface area (Å²) < 4.78 is 0. The second kappa shape index (κ2) is 7.36. The standard InChI is InChI=1S/C13H25N3O2/c1-3-9(2)12(14)13(18)15-8-4-5-11(17)16-10-6-7-10/h9-10,12H,3-8,14H2,1-2H3,(H,15,18)(H,16,17)/t9?,12-/m0/s1. The summed E-state index contributed by atoms with van der Waals surface area (Å²) in [6.45, 7) is 4.49. The highest BCUT2D eigenvalue weighted by Gasteiger charge is 2.23. The Morgan fingerprint density at radius 1 is 1.39 bits per heavy atom. The molecule has 4 N–H and O–H groups in total. The number of amides is 2. The average molecular weight is 255 g/mol. The van der Waals surface area contributed by atoms with Crippen molar-refractivity contribution in [1.82, 2.24) is 10.6 Å². The molecule has 104 valence electrons. The van der Waals surface area contributed by atoms with Crippen molar-refractivity contribution in [1.29, 1.82) is 0 Å². The van der Waals surface area contributed by atoms with Gasteiger partial charge in [0.1, 0.15) is 0 Å². The monoisotopic (exact) mass is 255 g/mol. The predicted molar refractivity (Wildman–Crippen MR) is 70.8 cm³/mol. The van der Waals surface area contributed by atoms with Gasteiger partial charge in [-0.25, -0.2) is 0 Å². The first-order valence-corrected chi connectivity index (χ1v) is 6.87. The maximum absolute atomic E-state index is 11.6. The van der Waals surface area contributed by atoms with Gasteiger partial charge in [-0.2, -0.15) is 0 Å². The summed E-state index contributed by atoms with van der Waals surface area (Å²) in [6, 6.07) is -0.0405. The van der Waals surface area contributed by atoms with Gasteiger partial charge < -0.3 is 16.4 Å². The summed E-state index contributed by atoms with van der Waals surface area (Å²) in [7, 11) is 0. The first-order chi connectivity index (χ1) is 8.54. The fourth-order valence-electron chi connectivity index (χ4n) is 1.62. The molecule has 18 heavy (non-hydrogen) atoms. The minimum atomic E-state index is -0.449. The quantitative estimate of drug-likeness (QED) is 0.553. The second-order valence-corrected chi connectivity index (χ2v) is 5.15. The maximum atomic E-state index is 11.6. The number of nitrogens with one attached hydrogen (secondary N) is 2. The molecule has 0 heterocycles. The van der Waals surface area contributed by atoms with Crippen molar-refractivity contribution in [2.24, 2.45) is 11.7 Å². The molecule has 1 fully saturated rings. The molecule has 0 spiro atoms. The van der Waals surface area contributed by atoms with E-state index in [1.807, 2.05) is 13.8 Å². The third kappa shape index (κ3) is 5.49. The lowest BCUT2D eigenvalue weighted by atomic mass is 9.99. The van der Waals surface area contributed by atoms with Crippen LogP contribution in [0.3, 0.4) is 0 Å². The van der Waals surface area contributed by atoms with E-state index in [4.69, 9.17) is 5.73 Å². The lowest BCUT2D eigenvalue weighted by Gasteiger charge is -2.17. The molecule has 0 aromatic carbocycles. The van der Waals surface area contributed by atoms with Crippen LogP contribution in [0.15, 0.2) is 0 Å². The van der Waals surface area contributed by atoms with E-state index in [1.165, 1.54) is 0 Å². The predicted octanol–water partition coefficient (Wildman–Crippen LogP) is 0.535. The molecule has 5 nitrogen and oxygen atoms in total.